The lowest BCUT2D eigenvalue weighted by Crippen LogP contribution is -2.08. The fraction of sp³-hybridized carbons (Fsp3) is 0.273. The third kappa shape index (κ3) is 3.32. The first kappa shape index (κ1) is 14.4. The average Bonchev–Trinajstić information content (AvgIpc) is 2.75. The number of hydrogen-bond donors (Lipinski definition) is 1. The van der Waals surface area contributed by atoms with Crippen LogP contribution < -0.4 is 10.2 Å². The summed E-state index contributed by atoms with van der Waals surface area (Å²) in [6.45, 7) is 0. The van der Waals surface area contributed by atoms with Crippen LogP contribution in [0.4, 0.5) is 30.8 Å². The van der Waals surface area contributed by atoms with Gasteiger partial charge in [-0.25, -0.2) is 0 Å². The van der Waals surface area contributed by atoms with Crippen LogP contribution >= 0.6 is 11.6 Å². The van der Waals surface area contributed by atoms with Gasteiger partial charge in [0, 0.05) is 24.8 Å². The summed E-state index contributed by atoms with van der Waals surface area (Å²) in [5, 5.41) is 6.15. The molecule has 9 heteroatoms. The summed E-state index contributed by atoms with van der Waals surface area (Å²) >= 11 is 5.67. The molecule has 0 saturated carbocycles. The molecule has 0 amide bonds. The second kappa shape index (κ2) is 5.20. The zero-order valence-electron chi connectivity index (χ0n) is 10.5. The van der Waals surface area contributed by atoms with Crippen molar-refractivity contribution in [2.45, 2.75) is 6.18 Å². The van der Waals surface area contributed by atoms with E-state index in [1.807, 2.05) is 0 Å². The van der Waals surface area contributed by atoms with Crippen LogP contribution in [0.1, 0.15) is 5.56 Å². The van der Waals surface area contributed by atoms with Gasteiger partial charge in [-0.2, -0.15) is 18.2 Å². The van der Waals surface area contributed by atoms with Gasteiger partial charge in [-0.05, 0) is 23.4 Å². The van der Waals surface area contributed by atoms with Crippen molar-refractivity contribution in [3.63, 3.8) is 0 Å². The largest absolute Gasteiger partial charge is 0.416 e. The lowest BCUT2D eigenvalue weighted by atomic mass is 10.2. The molecule has 0 atom stereocenters. The summed E-state index contributed by atoms with van der Waals surface area (Å²) in [5.41, 5.74) is -0.736. The number of alkyl halides is 3. The summed E-state index contributed by atoms with van der Waals surface area (Å²) in [4.78, 5) is 5.51. The highest BCUT2D eigenvalue weighted by molar-refractivity contribution is 6.31. The standard InChI is InChI=1S/C11H10ClF3N4O/c1-19(2)10-17-9(18-20-10)16-8-4-6(11(13,14)15)3-7(12)5-8/h3-5H,1-2H3,(H,16,18). The molecule has 2 rings (SSSR count). The molecule has 0 aliphatic rings. The highest BCUT2D eigenvalue weighted by atomic mass is 35.5. The molecule has 0 bridgehead atoms. The van der Waals surface area contributed by atoms with Crippen LogP contribution in [-0.2, 0) is 6.18 Å². The number of hydrogen-bond acceptors (Lipinski definition) is 5. The minimum atomic E-state index is -4.48. The molecule has 1 N–H and O–H groups in total. The molecule has 0 unspecified atom stereocenters. The Morgan fingerprint density at radius 1 is 1.25 bits per heavy atom. The van der Waals surface area contributed by atoms with Gasteiger partial charge in [-0.1, -0.05) is 11.6 Å². The van der Waals surface area contributed by atoms with Gasteiger partial charge in [0.2, 0.25) is 0 Å². The number of anilines is 3. The Morgan fingerprint density at radius 2 is 1.95 bits per heavy atom. The normalized spacial score (nSPS) is 11.5. The predicted molar refractivity (Wildman–Crippen MR) is 68.4 cm³/mol. The number of nitrogens with zero attached hydrogens (tertiary/aromatic N) is 3. The molecule has 0 saturated heterocycles. The molecule has 0 aliphatic heterocycles. The van der Waals surface area contributed by atoms with E-state index in [0.29, 0.717) is 0 Å². The van der Waals surface area contributed by atoms with E-state index in [4.69, 9.17) is 16.1 Å². The summed E-state index contributed by atoms with van der Waals surface area (Å²) in [6.07, 6.45) is -4.48. The van der Waals surface area contributed by atoms with Crippen molar-refractivity contribution < 1.29 is 17.7 Å². The molecule has 20 heavy (non-hydrogen) atoms. The van der Waals surface area contributed by atoms with E-state index in [1.165, 1.54) is 6.07 Å². The molecular formula is C11H10ClF3N4O. The topological polar surface area (TPSA) is 54.2 Å². The first-order chi connectivity index (χ1) is 9.25. The van der Waals surface area contributed by atoms with Crippen LogP contribution in [0.15, 0.2) is 22.7 Å². The maximum Gasteiger partial charge on any atom is 0.416 e. The average molecular weight is 307 g/mol. The second-order valence-electron chi connectivity index (χ2n) is 4.15. The Labute approximate surface area is 117 Å². The fourth-order valence-corrected chi connectivity index (χ4v) is 1.64. The van der Waals surface area contributed by atoms with Crippen molar-refractivity contribution in [1.82, 2.24) is 10.1 Å². The highest BCUT2D eigenvalue weighted by Crippen LogP contribution is 2.33. The second-order valence-corrected chi connectivity index (χ2v) is 4.58. The number of halogens is 4. The Morgan fingerprint density at radius 3 is 2.50 bits per heavy atom. The zero-order valence-corrected chi connectivity index (χ0v) is 11.2. The summed E-state index contributed by atoms with van der Waals surface area (Å²) in [6, 6.07) is 3.32. The zero-order chi connectivity index (χ0) is 14.9. The van der Waals surface area contributed by atoms with Gasteiger partial charge in [0.15, 0.2) is 0 Å². The van der Waals surface area contributed by atoms with Crippen LogP contribution in [0, 0.1) is 0 Å². The van der Waals surface area contributed by atoms with E-state index in [9.17, 15) is 13.2 Å². The van der Waals surface area contributed by atoms with Crippen LogP contribution in [0.2, 0.25) is 5.02 Å². The first-order valence-corrected chi connectivity index (χ1v) is 5.79. The molecule has 0 aliphatic carbocycles. The van der Waals surface area contributed by atoms with Crippen molar-refractivity contribution in [2.24, 2.45) is 0 Å². The first-order valence-electron chi connectivity index (χ1n) is 5.41. The van der Waals surface area contributed by atoms with Crippen molar-refractivity contribution in [2.75, 3.05) is 24.3 Å². The lowest BCUT2D eigenvalue weighted by Gasteiger charge is -2.09. The Hall–Kier alpha value is -1.96. The quantitative estimate of drug-likeness (QED) is 0.940. The van der Waals surface area contributed by atoms with E-state index >= 15 is 0 Å². The monoisotopic (exact) mass is 306 g/mol. The molecule has 0 spiro atoms. The maximum absolute atomic E-state index is 12.7. The van der Waals surface area contributed by atoms with Crippen molar-refractivity contribution in [1.29, 1.82) is 0 Å². The minimum Gasteiger partial charge on any atom is -0.330 e. The lowest BCUT2D eigenvalue weighted by molar-refractivity contribution is -0.137. The van der Waals surface area contributed by atoms with Crippen LogP contribution in [0.3, 0.4) is 0 Å². The van der Waals surface area contributed by atoms with Crippen LogP contribution in [-0.4, -0.2) is 24.2 Å². The number of aromatic nitrogens is 2. The third-order valence-electron chi connectivity index (χ3n) is 2.28. The summed E-state index contributed by atoms with van der Waals surface area (Å²) in [5.74, 6) is 0.0455. The summed E-state index contributed by atoms with van der Waals surface area (Å²) in [7, 11) is 3.39. The Kier molecular flexibility index (Phi) is 3.76. The Bertz CT molecular complexity index is 612. The molecule has 1 aromatic carbocycles. The van der Waals surface area contributed by atoms with Gasteiger partial charge < -0.3 is 14.7 Å². The van der Waals surface area contributed by atoms with Gasteiger partial charge in [-0.15, -0.1) is 0 Å². The molecular weight excluding hydrogens is 297 g/mol. The molecule has 5 nitrogen and oxygen atoms in total. The van der Waals surface area contributed by atoms with Crippen molar-refractivity contribution in [3.8, 4) is 0 Å². The molecule has 1 aromatic heterocycles. The molecule has 1 heterocycles. The van der Waals surface area contributed by atoms with Crippen molar-refractivity contribution in [3.05, 3.63) is 28.8 Å². The van der Waals surface area contributed by atoms with Gasteiger partial charge in [0.1, 0.15) is 0 Å². The van der Waals surface area contributed by atoms with E-state index in [0.717, 1.165) is 12.1 Å². The fourth-order valence-electron chi connectivity index (χ4n) is 1.40. The van der Waals surface area contributed by atoms with Crippen molar-refractivity contribution >= 4 is 29.3 Å². The third-order valence-corrected chi connectivity index (χ3v) is 2.50. The molecule has 0 fully saturated rings. The predicted octanol–water partition coefficient (Wildman–Crippen LogP) is 3.55. The van der Waals surface area contributed by atoms with E-state index in [2.05, 4.69) is 15.5 Å². The maximum atomic E-state index is 12.7. The van der Waals surface area contributed by atoms with E-state index in [1.54, 1.807) is 19.0 Å². The van der Waals surface area contributed by atoms with Gasteiger partial charge in [0.25, 0.3) is 5.95 Å². The van der Waals surface area contributed by atoms with E-state index in [-0.39, 0.29) is 22.7 Å². The highest BCUT2D eigenvalue weighted by Gasteiger charge is 2.31. The SMILES string of the molecule is CN(C)c1nc(Nc2cc(Cl)cc(C(F)(F)F)c2)no1. The number of nitrogens with one attached hydrogen (secondary N) is 1. The van der Waals surface area contributed by atoms with Crippen LogP contribution in [0.25, 0.3) is 0 Å². The van der Waals surface area contributed by atoms with Gasteiger partial charge in [-0.3, -0.25) is 0 Å². The smallest absolute Gasteiger partial charge is 0.330 e. The molecule has 2 aromatic rings. The molecule has 0 radical (unpaired) electrons. The summed E-state index contributed by atoms with van der Waals surface area (Å²) < 4.78 is 42.8. The molecule has 108 valence electrons. The minimum absolute atomic E-state index is 0.0429. The number of benzene rings is 1. The number of rotatable bonds is 3. The van der Waals surface area contributed by atoms with Crippen LogP contribution in [0.5, 0.6) is 0 Å². The Balaban J connectivity index is 2.26. The van der Waals surface area contributed by atoms with Gasteiger partial charge in [0.05, 0.1) is 5.56 Å². The van der Waals surface area contributed by atoms with Gasteiger partial charge >= 0.3 is 12.2 Å². The van der Waals surface area contributed by atoms with E-state index < -0.39 is 11.7 Å².